The number of hydrogen-bond donors (Lipinski definition) is 0. The lowest BCUT2D eigenvalue weighted by Gasteiger charge is -2.24. The van der Waals surface area contributed by atoms with Gasteiger partial charge in [-0.1, -0.05) is 19.9 Å². The van der Waals surface area contributed by atoms with E-state index >= 15 is 0 Å². The second kappa shape index (κ2) is 5.78. The van der Waals surface area contributed by atoms with Gasteiger partial charge in [-0.3, -0.25) is 0 Å². The molecule has 5 heteroatoms. The third-order valence-electron chi connectivity index (χ3n) is 3.59. The maximum Gasteiger partial charge on any atom is 0.125 e. The summed E-state index contributed by atoms with van der Waals surface area (Å²) in [4.78, 5) is 5.76. The van der Waals surface area contributed by atoms with Crippen molar-refractivity contribution in [3.8, 4) is 0 Å². The monoisotopic (exact) mass is 322 g/mol. The van der Waals surface area contributed by atoms with Crippen molar-refractivity contribution in [2.24, 2.45) is 5.92 Å². The van der Waals surface area contributed by atoms with Crippen LogP contribution in [0.5, 0.6) is 0 Å². The number of alkyl halides is 1. The average molecular weight is 323 g/mol. The number of nitrogens with zero attached hydrogens (tertiary/aromatic N) is 2. The van der Waals surface area contributed by atoms with E-state index in [2.05, 4.69) is 40.9 Å². The fourth-order valence-electron chi connectivity index (χ4n) is 2.74. The lowest BCUT2D eigenvalue weighted by molar-refractivity contribution is 0.444. The Kier molecular flexibility index (Phi) is 4.00. The molecule has 0 amide bonds. The molecule has 0 aliphatic rings. The van der Waals surface area contributed by atoms with E-state index in [9.17, 15) is 4.39 Å². The minimum Gasteiger partial charge on any atom is -0.318 e. The molecule has 0 fully saturated rings. The molecule has 21 heavy (non-hydrogen) atoms. The molecule has 2 aromatic heterocycles. The van der Waals surface area contributed by atoms with Crippen molar-refractivity contribution in [3.05, 3.63) is 52.2 Å². The van der Waals surface area contributed by atoms with E-state index < -0.39 is 0 Å². The SMILES string of the molecule is CC(C)C(c1cccs1)n1c(CCl)nc2cc(F)ccc21. The van der Waals surface area contributed by atoms with Crippen LogP contribution >= 0.6 is 22.9 Å². The Balaban J connectivity index is 2.26. The first-order valence-electron chi connectivity index (χ1n) is 6.87. The van der Waals surface area contributed by atoms with Gasteiger partial charge in [0.1, 0.15) is 11.6 Å². The van der Waals surface area contributed by atoms with Gasteiger partial charge < -0.3 is 4.57 Å². The van der Waals surface area contributed by atoms with Crippen molar-refractivity contribution >= 4 is 34.0 Å². The van der Waals surface area contributed by atoms with Gasteiger partial charge in [0.15, 0.2) is 0 Å². The van der Waals surface area contributed by atoms with Crippen LogP contribution in [0.25, 0.3) is 11.0 Å². The molecule has 0 radical (unpaired) electrons. The van der Waals surface area contributed by atoms with Crippen LogP contribution < -0.4 is 0 Å². The summed E-state index contributed by atoms with van der Waals surface area (Å²) in [5, 5.41) is 2.07. The number of thiophene rings is 1. The summed E-state index contributed by atoms with van der Waals surface area (Å²) >= 11 is 7.80. The van der Waals surface area contributed by atoms with E-state index in [1.807, 2.05) is 0 Å². The Labute approximate surface area is 132 Å². The van der Waals surface area contributed by atoms with Gasteiger partial charge in [0.2, 0.25) is 0 Å². The van der Waals surface area contributed by atoms with Crippen LogP contribution in [-0.4, -0.2) is 9.55 Å². The fraction of sp³-hybridized carbons (Fsp3) is 0.312. The summed E-state index contributed by atoms with van der Waals surface area (Å²) in [6, 6.07) is 9.07. The average Bonchev–Trinajstić information content (AvgIpc) is 3.07. The topological polar surface area (TPSA) is 17.8 Å². The predicted octanol–water partition coefficient (Wildman–Crippen LogP) is 5.22. The van der Waals surface area contributed by atoms with Crippen molar-refractivity contribution in [1.82, 2.24) is 9.55 Å². The molecular weight excluding hydrogens is 307 g/mol. The Morgan fingerprint density at radius 3 is 2.76 bits per heavy atom. The second-order valence-corrected chi connectivity index (χ2v) is 6.62. The Hall–Kier alpha value is -1.39. The molecule has 3 aromatic rings. The smallest absolute Gasteiger partial charge is 0.125 e. The van der Waals surface area contributed by atoms with Gasteiger partial charge in [-0.25, -0.2) is 9.37 Å². The van der Waals surface area contributed by atoms with E-state index in [1.165, 1.54) is 17.0 Å². The molecule has 0 spiro atoms. The summed E-state index contributed by atoms with van der Waals surface area (Å²) in [5.74, 6) is 1.20. The lowest BCUT2D eigenvalue weighted by Crippen LogP contribution is -2.17. The minimum atomic E-state index is -0.273. The predicted molar refractivity (Wildman–Crippen MR) is 86.5 cm³/mol. The lowest BCUT2D eigenvalue weighted by atomic mass is 10.0. The molecule has 1 unspecified atom stereocenters. The number of aromatic nitrogens is 2. The highest BCUT2D eigenvalue weighted by Gasteiger charge is 2.24. The number of imidazole rings is 1. The van der Waals surface area contributed by atoms with Gasteiger partial charge in [-0.05, 0) is 29.5 Å². The van der Waals surface area contributed by atoms with Crippen LogP contribution in [0.15, 0.2) is 35.7 Å². The Bertz CT molecular complexity index is 749. The Morgan fingerprint density at radius 2 is 2.14 bits per heavy atom. The number of rotatable bonds is 4. The van der Waals surface area contributed by atoms with Crippen LogP contribution in [0.3, 0.4) is 0 Å². The van der Waals surface area contributed by atoms with E-state index in [1.54, 1.807) is 17.4 Å². The molecule has 2 nitrogen and oxygen atoms in total. The summed E-state index contributed by atoms with van der Waals surface area (Å²) in [5.41, 5.74) is 1.59. The summed E-state index contributed by atoms with van der Waals surface area (Å²) in [6.45, 7) is 4.36. The molecule has 0 aliphatic heterocycles. The highest BCUT2D eigenvalue weighted by molar-refractivity contribution is 7.10. The van der Waals surface area contributed by atoms with Crippen molar-refractivity contribution in [2.75, 3.05) is 0 Å². The number of benzene rings is 1. The quantitative estimate of drug-likeness (QED) is 0.602. The maximum atomic E-state index is 13.4. The normalized spacial score (nSPS) is 13.2. The zero-order valence-corrected chi connectivity index (χ0v) is 13.5. The van der Waals surface area contributed by atoms with Gasteiger partial charge >= 0.3 is 0 Å². The number of halogens is 2. The van der Waals surface area contributed by atoms with Crippen LogP contribution in [0.1, 0.15) is 30.6 Å². The van der Waals surface area contributed by atoms with Crippen molar-refractivity contribution in [1.29, 1.82) is 0 Å². The Morgan fingerprint density at radius 1 is 1.33 bits per heavy atom. The fourth-order valence-corrected chi connectivity index (χ4v) is 3.92. The number of fused-ring (bicyclic) bond motifs is 1. The zero-order valence-electron chi connectivity index (χ0n) is 11.9. The van der Waals surface area contributed by atoms with Gasteiger partial charge in [-0.15, -0.1) is 22.9 Å². The molecule has 1 atom stereocenters. The third-order valence-corrected chi connectivity index (χ3v) is 4.77. The molecular formula is C16H16ClFN2S. The maximum absolute atomic E-state index is 13.4. The van der Waals surface area contributed by atoms with Crippen LogP contribution in [0.2, 0.25) is 0 Å². The molecule has 3 rings (SSSR count). The number of hydrogen-bond acceptors (Lipinski definition) is 2. The van der Waals surface area contributed by atoms with Gasteiger partial charge in [0.25, 0.3) is 0 Å². The molecule has 110 valence electrons. The summed E-state index contributed by atoms with van der Waals surface area (Å²) in [7, 11) is 0. The molecule has 0 saturated carbocycles. The van der Waals surface area contributed by atoms with E-state index in [-0.39, 0.29) is 11.9 Å². The van der Waals surface area contributed by atoms with E-state index in [4.69, 9.17) is 11.6 Å². The third kappa shape index (κ3) is 2.58. The molecule has 0 aliphatic carbocycles. The van der Waals surface area contributed by atoms with Crippen molar-refractivity contribution < 1.29 is 4.39 Å². The highest BCUT2D eigenvalue weighted by Crippen LogP contribution is 2.34. The van der Waals surface area contributed by atoms with Gasteiger partial charge in [0.05, 0.1) is 23.0 Å². The van der Waals surface area contributed by atoms with E-state index in [0.29, 0.717) is 17.3 Å². The first-order chi connectivity index (χ1) is 10.1. The first-order valence-corrected chi connectivity index (χ1v) is 8.29. The highest BCUT2D eigenvalue weighted by atomic mass is 35.5. The largest absolute Gasteiger partial charge is 0.318 e. The van der Waals surface area contributed by atoms with Gasteiger partial charge in [-0.2, -0.15) is 0 Å². The second-order valence-electron chi connectivity index (χ2n) is 5.37. The summed E-state index contributed by atoms with van der Waals surface area (Å²) in [6.07, 6.45) is 0. The molecule has 0 bridgehead atoms. The minimum absolute atomic E-state index is 0.161. The first kappa shape index (κ1) is 14.5. The molecule has 0 saturated heterocycles. The van der Waals surface area contributed by atoms with Crippen molar-refractivity contribution in [3.63, 3.8) is 0 Å². The van der Waals surface area contributed by atoms with E-state index in [0.717, 1.165) is 11.3 Å². The van der Waals surface area contributed by atoms with Crippen LogP contribution in [0.4, 0.5) is 4.39 Å². The summed E-state index contributed by atoms with van der Waals surface area (Å²) < 4.78 is 15.6. The molecule has 0 N–H and O–H groups in total. The van der Waals surface area contributed by atoms with Crippen LogP contribution in [-0.2, 0) is 5.88 Å². The van der Waals surface area contributed by atoms with Crippen LogP contribution in [0, 0.1) is 11.7 Å². The molecule has 2 heterocycles. The standard InChI is InChI=1S/C16H16ClFN2S/c1-10(2)16(14-4-3-7-21-14)20-13-6-5-11(18)8-12(13)19-15(20)9-17/h3-8,10,16H,9H2,1-2H3. The van der Waals surface area contributed by atoms with Crippen molar-refractivity contribution in [2.45, 2.75) is 25.8 Å². The van der Waals surface area contributed by atoms with Gasteiger partial charge in [0, 0.05) is 10.9 Å². The molecule has 1 aromatic carbocycles. The zero-order chi connectivity index (χ0) is 15.0.